The van der Waals surface area contributed by atoms with Crippen LogP contribution >= 0.6 is 11.3 Å². The zero-order valence-electron chi connectivity index (χ0n) is 13.2. The first kappa shape index (κ1) is 16.0. The quantitative estimate of drug-likeness (QED) is 0.772. The third-order valence-corrected chi connectivity index (χ3v) is 4.48. The molecule has 6 heteroatoms. The molecule has 1 atom stereocenters. The molecule has 2 aromatic rings. The summed E-state index contributed by atoms with van der Waals surface area (Å²) in [6, 6.07) is 0.253. The first-order valence-electron chi connectivity index (χ1n) is 7.45. The van der Waals surface area contributed by atoms with Crippen LogP contribution in [0.25, 0.3) is 4.96 Å². The third kappa shape index (κ3) is 4.04. The Bertz CT molecular complexity index is 616. The molecule has 1 amide bonds. The van der Waals surface area contributed by atoms with Gasteiger partial charge in [0.05, 0.1) is 11.4 Å². The van der Waals surface area contributed by atoms with Crippen LogP contribution in [0, 0.1) is 13.8 Å². The maximum Gasteiger partial charge on any atom is 0.221 e. The van der Waals surface area contributed by atoms with E-state index in [1.807, 2.05) is 13.8 Å². The summed E-state index contributed by atoms with van der Waals surface area (Å²) in [7, 11) is 0. The SMILES string of the molecule is CCC(C)NC(=O)CCNCc1c(C)nc2sc(C)cn12. The molecular weight excluding hydrogens is 284 g/mol. The molecule has 0 bridgehead atoms. The van der Waals surface area contributed by atoms with E-state index in [1.165, 1.54) is 10.6 Å². The topological polar surface area (TPSA) is 58.4 Å². The van der Waals surface area contributed by atoms with Crippen molar-refractivity contribution in [1.82, 2.24) is 20.0 Å². The van der Waals surface area contributed by atoms with Crippen molar-refractivity contribution in [3.63, 3.8) is 0 Å². The van der Waals surface area contributed by atoms with Gasteiger partial charge in [0.1, 0.15) is 0 Å². The number of imidazole rings is 1. The Balaban J connectivity index is 1.82. The van der Waals surface area contributed by atoms with E-state index in [4.69, 9.17) is 0 Å². The fourth-order valence-electron chi connectivity index (χ4n) is 2.18. The lowest BCUT2D eigenvalue weighted by Gasteiger charge is -2.11. The van der Waals surface area contributed by atoms with Crippen LogP contribution in [-0.2, 0) is 11.3 Å². The number of aryl methyl sites for hydroxylation is 2. The van der Waals surface area contributed by atoms with Gasteiger partial charge in [0, 0.05) is 36.6 Å². The van der Waals surface area contributed by atoms with Crippen molar-refractivity contribution in [2.75, 3.05) is 6.54 Å². The molecule has 5 nitrogen and oxygen atoms in total. The molecule has 0 saturated heterocycles. The number of carbonyl (C=O) groups is 1. The standard InChI is InChI=1S/C15H24N4OS/c1-5-10(2)17-14(20)6-7-16-8-13-12(4)18-15-19(13)9-11(3)21-15/h9-10,16H,5-8H2,1-4H3,(H,17,20). The monoisotopic (exact) mass is 308 g/mol. The average Bonchev–Trinajstić information content (AvgIpc) is 2.90. The van der Waals surface area contributed by atoms with Crippen LogP contribution in [-0.4, -0.2) is 27.9 Å². The molecule has 2 N–H and O–H groups in total. The average molecular weight is 308 g/mol. The van der Waals surface area contributed by atoms with Crippen molar-refractivity contribution in [2.45, 2.75) is 53.1 Å². The predicted octanol–water partition coefficient (Wildman–Crippen LogP) is 2.41. The fraction of sp³-hybridized carbons (Fsp3) is 0.600. The summed E-state index contributed by atoms with van der Waals surface area (Å²) in [6.07, 6.45) is 3.59. The first-order chi connectivity index (χ1) is 10.0. The van der Waals surface area contributed by atoms with Gasteiger partial charge >= 0.3 is 0 Å². The van der Waals surface area contributed by atoms with Gasteiger partial charge in [0.25, 0.3) is 0 Å². The molecule has 0 radical (unpaired) electrons. The molecule has 0 aliphatic rings. The lowest BCUT2D eigenvalue weighted by atomic mass is 10.2. The highest BCUT2D eigenvalue weighted by Gasteiger charge is 2.11. The van der Waals surface area contributed by atoms with E-state index in [9.17, 15) is 4.79 Å². The second kappa shape index (κ2) is 7.04. The fourth-order valence-corrected chi connectivity index (χ4v) is 3.07. The van der Waals surface area contributed by atoms with Gasteiger partial charge in [-0.1, -0.05) is 6.92 Å². The Morgan fingerprint density at radius 3 is 2.95 bits per heavy atom. The van der Waals surface area contributed by atoms with Crippen molar-refractivity contribution >= 4 is 22.2 Å². The number of aromatic nitrogens is 2. The lowest BCUT2D eigenvalue weighted by molar-refractivity contribution is -0.121. The maximum absolute atomic E-state index is 11.7. The van der Waals surface area contributed by atoms with E-state index in [2.05, 4.69) is 40.1 Å². The summed E-state index contributed by atoms with van der Waals surface area (Å²) in [5.41, 5.74) is 2.23. The third-order valence-electron chi connectivity index (χ3n) is 3.58. The summed E-state index contributed by atoms with van der Waals surface area (Å²) < 4.78 is 2.14. The van der Waals surface area contributed by atoms with E-state index in [0.29, 0.717) is 13.0 Å². The van der Waals surface area contributed by atoms with Crippen molar-refractivity contribution in [3.05, 3.63) is 22.5 Å². The number of carbonyl (C=O) groups excluding carboxylic acids is 1. The van der Waals surface area contributed by atoms with E-state index < -0.39 is 0 Å². The van der Waals surface area contributed by atoms with E-state index in [1.54, 1.807) is 11.3 Å². The molecule has 0 spiro atoms. The van der Waals surface area contributed by atoms with Gasteiger partial charge < -0.3 is 10.6 Å². The zero-order chi connectivity index (χ0) is 15.4. The minimum absolute atomic E-state index is 0.110. The molecule has 0 aromatic carbocycles. The zero-order valence-corrected chi connectivity index (χ0v) is 14.0. The van der Waals surface area contributed by atoms with Gasteiger partial charge in [-0.25, -0.2) is 4.98 Å². The number of fused-ring (bicyclic) bond motifs is 1. The molecule has 2 aromatic heterocycles. The van der Waals surface area contributed by atoms with Crippen LogP contribution in [0.4, 0.5) is 0 Å². The van der Waals surface area contributed by atoms with E-state index >= 15 is 0 Å². The Morgan fingerprint density at radius 1 is 1.48 bits per heavy atom. The maximum atomic E-state index is 11.7. The summed E-state index contributed by atoms with van der Waals surface area (Å²) in [5.74, 6) is 0.110. The van der Waals surface area contributed by atoms with Crippen LogP contribution in [0.1, 0.15) is 43.0 Å². The Morgan fingerprint density at radius 2 is 2.24 bits per heavy atom. The normalized spacial score (nSPS) is 12.8. The second-order valence-electron chi connectivity index (χ2n) is 5.44. The second-order valence-corrected chi connectivity index (χ2v) is 6.66. The summed E-state index contributed by atoms with van der Waals surface area (Å²) in [5, 5.41) is 6.31. The van der Waals surface area contributed by atoms with Crippen LogP contribution < -0.4 is 10.6 Å². The summed E-state index contributed by atoms with van der Waals surface area (Å²) in [6.45, 7) is 9.63. The summed E-state index contributed by atoms with van der Waals surface area (Å²) in [4.78, 5) is 18.5. The number of rotatable bonds is 7. The predicted molar refractivity (Wildman–Crippen MR) is 86.8 cm³/mol. The highest BCUT2D eigenvalue weighted by atomic mass is 32.1. The van der Waals surface area contributed by atoms with Gasteiger partial charge in [-0.2, -0.15) is 0 Å². The van der Waals surface area contributed by atoms with E-state index in [0.717, 1.165) is 23.6 Å². The first-order valence-corrected chi connectivity index (χ1v) is 8.27. The molecule has 0 aliphatic heterocycles. The molecule has 1 unspecified atom stereocenters. The molecule has 0 aliphatic carbocycles. The molecular formula is C15H24N4OS. The van der Waals surface area contributed by atoms with Crippen molar-refractivity contribution in [1.29, 1.82) is 0 Å². The number of hydrogen-bond donors (Lipinski definition) is 2. The molecule has 2 rings (SSSR count). The molecule has 21 heavy (non-hydrogen) atoms. The highest BCUT2D eigenvalue weighted by molar-refractivity contribution is 7.17. The van der Waals surface area contributed by atoms with Gasteiger partial charge in [0.2, 0.25) is 5.91 Å². The van der Waals surface area contributed by atoms with Crippen LogP contribution in [0.5, 0.6) is 0 Å². The van der Waals surface area contributed by atoms with Crippen LogP contribution in [0.3, 0.4) is 0 Å². The van der Waals surface area contributed by atoms with Gasteiger partial charge in [-0.3, -0.25) is 9.20 Å². The number of hydrogen-bond acceptors (Lipinski definition) is 4. The van der Waals surface area contributed by atoms with Crippen molar-refractivity contribution in [3.8, 4) is 0 Å². The Labute approximate surface area is 129 Å². The van der Waals surface area contributed by atoms with Crippen molar-refractivity contribution in [2.24, 2.45) is 0 Å². The number of nitrogens with zero attached hydrogens (tertiary/aromatic N) is 2. The number of amides is 1. The van der Waals surface area contributed by atoms with Gasteiger partial charge in [-0.15, -0.1) is 11.3 Å². The smallest absolute Gasteiger partial charge is 0.221 e. The number of nitrogens with one attached hydrogen (secondary N) is 2. The van der Waals surface area contributed by atoms with Crippen molar-refractivity contribution < 1.29 is 4.79 Å². The number of thiazole rings is 1. The largest absolute Gasteiger partial charge is 0.354 e. The van der Waals surface area contributed by atoms with Gasteiger partial charge in [-0.05, 0) is 27.2 Å². The van der Waals surface area contributed by atoms with Crippen LogP contribution in [0.2, 0.25) is 0 Å². The minimum Gasteiger partial charge on any atom is -0.354 e. The van der Waals surface area contributed by atoms with Gasteiger partial charge in [0.15, 0.2) is 4.96 Å². The Kier molecular flexibility index (Phi) is 5.36. The minimum atomic E-state index is 0.110. The van der Waals surface area contributed by atoms with E-state index in [-0.39, 0.29) is 11.9 Å². The molecule has 116 valence electrons. The molecule has 0 saturated carbocycles. The molecule has 2 heterocycles. The highest BCUT2D eigenvalue weighted by Crippen LogP contribution is 2.20. The van der Waals surface area contributed by atoms with Crippen LogP contribution in [0.15, 0.2) is 6.20 Å². The molecule has 0 fully saturated rings. The Hall–Kier alpha value is -1.40. The summed E-state index contributed by atoms with van der Waals surface area (Å²) >= 11 is 1.70. The lowest BCUT2D eigenvalue weighted by Crippen LogP contribution is -2.34.